The van der Waals surface area contributed by atoms with Gasteiger partial charge in [-0.1, -0.05) is 18.2 Å². The Bertz CT molecular complexity index is 881. The summed E-state index contributed by atoms with van der Waals surface area (Å²) in [6.45, 7) is 3.03. The summed E-state index contributed by atoms with van der Waals surface area (Å²) in [4.78, 5) is 11.9. The Morgan fingerprint density at radius 1 is 1.25 bits per heavy atom. The Morgan fingerprint density at radius 2 is 1.96 bits per heavy atom. The van der Waals surface area contributed by atoms with Crippen LogP contribution in [0.15, 0.2) is 53.6 Å². The third-order valence-corrected chi connectivity index (χ3v) is 4.19. The monoisotopic (exact) mass is 379 g/mol. The number of nitrogens with one attached hydrogen (secondary N) is 1. The summed E-state index contributed by atoms with van der Waals surface area (Å²) in [5.41, 5.74) is 4.71. The van der Waals surface area contributed by atoms with E-state index in [1.54, 1.807) is 31.3 Å². The molecule has 2 aromatic rings. The van der Waals surface area contributed by atoms with E-state index in [0.717, 1.165) is 11.1 Å². The molecule has 0 spiro atoms. The highest BCUT2D eigenvalue weighted by atomic mass is 16.7. The first-order valence-electron chi connectivity index (χ1n) is 8.89. The number of amides is 1. The lowest BCUT2D eigenvalue weighted by molar-refractivity contribution is -0.159. The number of hydrogen-bond acceptors (Lipinski definition) is 6. The lowest BCUT2D eigenvalue weighted by atomic mass is 10.1. The van der Waals surface area contributed by atoms with E-state index in [1.807, 2.05) is 30.3 Å². The summed E-state index contributed by atoms with van der Waals surface area (Å²) in [7, 11) is 0. The Labute approximate surface area is 163 Å². The van der Waals surface area contributed by atoms with Crippen molar-refractivity contribution in [1.29, 1.82) is 5.26 Å². The molecule has 7 heteroatoms. The van der Waals surface area contributed by atoms with Crippen molar-refractivity contribution in [1.82, 2.24) is 5.43 Å². The van der Waals surface area contributed by atoms with E-state index < -0.39 is 5.79 Å². The predicted octanol–water partition coefficient (Wildman–Crippen LogP) is 2.74. The zero-order chi connectivity index (χ0) is 19.8. The van der Waals surface area contributed by atoms with Crippen molar-refractivity contribution < 1.29 is 19.0 Å². The fraction of sp³-hybridized carbons (Fsp3) is 0.286. The van der Waals surface area contributed by atoms with Crippen molar-refractivity contribution in [2.75, 3.05) is 13.2 Å². The minimum Gasteiger partial charge on any atom is -0.489 e. The third-order valence-electron chi connectivity index (χ3n) is 4.19. The van der Waals surface area contributed by atoms with Crippen LogP contribution in [0.3, 0.4) is 0 Å². The Morgan fingerprint density at radius 3 is 2.68 bits per heavy atom. The Hall–Kier alpha value is -3.21. The van der Waals surface area contributed by atoms with Crippen LogP contribution in [-0.2, 0) is 20.9 Å². The molecule has 2 aromatic carbocycles. The van der Waals surface area contributed by atoms with Gasteiger partial charge in [0, 0.05) is 5.56 Å². The largest absolute Gasteiger partial charge is 0.489 e. The van der Waals surface area contributed by atoms with Crippen LogP contribution in [0.4, 0.5) is 0 Å². The van der Waals surface area contributed by atoms with E-state index in [1.165, 1.54) is 0 Å². The molecule has 1 fully saturated rings. The normalized spacial score (nSPS) is 15.3. The molecule has 1 aliphatic rings. The number of rotatable bonds is 7. The van der Waals surface area contributed by atoms with Crippen molar-refractivity contribution in [3.63, 3.8) is 0 Å². The van der Waals surface area contributed by atoms with Crippen LogP contribution < -0.4 is 10.2 Å². The van der Waals surface area contributed by atoms with Crippen LogP contribution in [0.5, 0.6) is 5.75 Å². The fourth-order valence-electron chi connectivity index (χ4n) is 2.74. The number of ether oxygens (including phenoxy) is 3. The number of benzene rings is 2. The van der Waals surface area contributed by atoms with Crippen molar-refractivity contribution in [3.05, 3.63) is 65.2 Å². The number of carbonyl (C=O) groups is 1. The second-order valence-corrected chi connectivity index (χ2v) is 6.43. The highest BCUT2D eigenvalue weighted by Gasteiger charge is 2.33. The van der Waals surface area contributed by atoms with Gasteiger partial charge in [-0.15, -0.1) is 0 Å². The summed E-state index contributed by atoms with van der Waals surface area (Å²) in [5, 5.41) is 13.1. The number of carbonyl (C=O) groups excluding carboxylic acids is 1. The number of hydrogen-bond donors (Lipinski definition) is 1. The number of hydrazone groups is 1. The minimum absolute atomic E-state index is 0.0846. The van der Waals surface area contributed by atoms with Crippen LogP contribution in [0.25, 0.3) is 0 Å². The van der Waals surface area contributed by atoms with Crippen molar-refractivity contribution in [2.24, 2.45) is 5.10 Å². The maximum Gasteiger partial charge on any atom is 0.245 e. The molecule has 3 rings (SSSR count). The quantitative estimate of drug-likeness (QED) is 0.590. The molecule has 0 bridgehead atoms. The van der Waals surface area contributed by atoms with Gasteiger partial charge in [-0.3, -0.25) is 4.79 Å². The highest BCUT2D eigenvalue weighted by molar-refractivity contribution is 5.82. The molecule has 7 nitrogen and oxygen atoms in total. The van der Waals surface area contributed by atoms with Gasteiger partial charge in [0.15, 0.2) is 5.79 Å². The molecule has 1 heterocycles. The van der Waals surface area contributed by atoms with Gasteiger partial charge < -0.3 is 14.2 Å². The van der Waals surface area contributed by atoms with E-state index >= 15 is 0 Å². The van der Waals surface area contributed by atoms with E-state index in [4.69, 9.17) is 19.5 Å². The van der Waals surface area contributed by atoms with Gasteiger partial charge in [0.2, 0.25) is 5.91 Å². The topological polar surface area (TPSA) is 92.9 Å². The van der Waals surface area contributed by atoms with Crippen LogP contribution >= 0.6 is 0 Å². The molecule has 0 saturated carbocycles. The molecule has 0 aliphatic carbocycles. The second-order valence-electron chi connectivity index (χ2n) is 6.43. The maximum atomic E-state index is 11.9. The smallest absolute Gasteiger partial charge is 0.245 e. The van der Waals surface area contributed by atoms with E-state index in [-0.39, 0.29) is 12.3 Å². The average Bonchev–Trinajstić information content (AvgIpc) is 3.13. The molecule has 144 valence electrons. The first kappa shape index (κ1) is 19.5. The summed E-state index contributed by atoms with van der Waals surface area (Å²) in [6, 6.07) is 16.7. The zero-order valence-electron chi connectivity index (χ0n) is 15.6. The molecule has 0 radical (unpaired) electrons. The van der Waals surface area contributed by atoms with Crippen LogP contribution in [0.2, 0.25) is 0 Å². The van der Waals surface area contributed by atoms with Gasteiger partial charge in [-0.05, 0) is 42.8 Å². The highest BCUT2D eigenvalue weighted by Crippen LogP contribution is 2.22. The molecule has 0 unspecified atom stereocenters. The molecular formula is C21H21N3O4. The molecule has 1 amide bonds. The van der Waals surface area contributed by atoms with E-state index in [0.29, 0.717) is 31.1 Å². The van der Waals surface area contributed by atoms with Crippen molar-refractivity contribution in [3.8, 4) is 11.8 Å². The van der Waals surface area contributed by atoms with Crippen LogP contribution in [0, 0.1) is 11.3 Å². The average molecular weight is 379 g/mol. The standard InChI is InChI=1S/C21H21N3O4/c1-21(27-10-11-28-21)12-20(25)24-23-14-16-6-8-19(9-7-16)26-15-18-5-3-2-4-17(18)13-22/h2-9,14H,10-12,15H2,1H3,(H,24,25). The van der Waals surface area contributed by atoms with Gasteiger partial charge in [-0.25, -0.2) is 5.43 Å². The number of nitriles is 1. The Kier molecular flexibility index (Phi) is 6.37. The van der Waals surface area contributed by atoms with E-state index in [9.17, 15) is 4.79 Å². The minimum atomic E-state index is -0.872. The molecule has 28 heavy (non-hydrogen) atoms. The van der Waals surface area contributed by atoms with Gasteiger partial charge in [0.25, 0.3) is 0 Å². The summed E-state index contributed by atoms with van der Waals surface area (Å²) in [5.74, 6) is -0.475. The van der Waals surface area contributed by atoms with Crippen molar-refractivity contribution >= 4 is 12.1 Å². The van der Waals surface area contributed by atoms with Crippen LogP contribution in [-0.4, -0.2) is 31.1 Å². The lowest BCUT2D eigenvalue weighted by Gasteiger charge is -2.20. The molecular weight excluding hydrogens is 358 g/mol. The summed E-state index contributed by atoms with van der Waals surface area (Å²) in [6.07, 6.45) is 1.63. The number of nitrogens with zero attached hydrogens (tertiary/aromatic N) is 2. The van der Waals surface area contributed by atoms with Gasteiger partial charge >= 0.3 is 0 Å². The molecule has 1 N–H and O–H groups in total. The Balaban J connectivity index is 1.48. The predicted molar refractivity (Wildman–Crippen MR) is 103 cm³/mol. The first-order valence-corrected chi connectivity index (χ1v) is 8.89. The summed E-state index contributed by atoms with van der Waals surface area (Å²) >= 11 is 0. The molecule has 1 aliphatic heterocycles. The zero-order valence-corrected chi connectivity index (χ0v) is 15.6. The summed E-state index contributed by atoms with van der Waals surface area (Å²) < 4.78 is 16.5. The molecule has 0 atom stereocenters. The SMILES string of the molecule is CC1(CC(=O)NN=Cc2ccc(OCc3ccccc3C#N)cc2)OCCO1. The van der Waals surface area contributed by atoms with Gasteiger partial charge in [-0.2, -0.15) is 10.4 Å². The van der Waals surface area contributed by atoms with E-state index in [2.05, 4.69) is 16.6 Å². The van der Waals surface area contributed by atoms with Gasteiger partial charge in [0.05, 0.1) is 37.5 Å². The fourth-order valence-corrected chi connectivity index (χ4v) is 2.74. The second kappa shape index (κ2) is 9.13. The maximum absolute atomic E-state index is 11.9. The lowest BCUT2D eigenvalue weighted by Crippen LogP contribution is -2.33. The first-order chi connectivity index (χ1) is 13.6. The molecule has 0 aromatic heterocycles. The van der Waals surface area contributed by atoms with Crippen LogP contribution in [0.1, 0.15) is 30.0 Å². The third kappa shape index (κ3) is 5.39. The van der Waals surface area contributed by atoms with Crippen molar-refractivity contribution in [2.45, 2.75) is 25.7 Å². The molecule has 1 saturated heterocycles. The van der Waals surface area contributed by atoms with Gasteiger partial charge in [0.1, 0.15) is 12.4 Å².